The molecule has 0 aliphatic carbocycles. The van der Waals surface area contributed by atoms with Gasteiger partial charge in [-0.05, 0) is 37.6 Å². The number of nitrogens with one attached hydrogen (secondary N) is 2. The zero-order valence-corrected chi connectivity index (χ0v) is 16.4. The number of amides is 3. The standard InChI is InChI=1S/C19H29N3O3S/c1-3-4-9-20-18(24)15-6-5-14(2)22(12-15)17(23)7-10-21-19(25)16-8-11-26-13-16/h8,11,13-15H,3-7,9-10,12H2,1-2H3,(H,20,24)(H,21,25). The first-order chi connectivity index (χ1) is 12.5. The summed E-state index contributed by atoms with van der Waals surface area (Å²) < 4.78 is 0. The van der Waals surface area contributed by atoms with Crippen LogP contribution in [-0.4, -0.2) is 48.3 Å². The van der Waals surface area contributed by atoms with Crippen molar-refractivity contribution in [1.82, 2.24) is 15.5 Å². The molecular formula is C19H29N3O3S. The largest absolute Gasteiger partial charge is 0.356 e. The lowest BCUT2D eigenvalue weighted by atomic mass is 9.92. The number of thiophene rings is 1. The van der Waals surface area contributed by atoms with Gasteiger partial charge in [-0.1, -0.05) is 13.3 Å². The molecule has 2 rings (SSSR count). The molecule has 0 saturated carbocycles. The van der Waals surface area contributed by atoms with Gasteiger partial charge in [-0.15, -0.1) is 0 Å². The van der Waals surface area contributed by atoms with E-state index in [0.717, 1.165) is 25.7 Å². The van der Waals surface area contributed by atoms with E-state index in [1.165, 1.54) is 11.3 Å². The highest BCUT2D eigenvalue weighted by Gasteiger charge is 2.32. The summed E-state index contributed by atoms with van der Waals surface area (Å²) in [7, 11) is 0. The highest BCUT2D eigenvalue weighted by molar-refractivity contribution is 7.08. The molecule has 1 aliphatic rings. The third-order valence-corrected chi connectivity index (χ3v) is 5.49. The summed E-state index contributed by atoms with van der Waals surface area (Å²) in [5.41, 5.74) is 0.623. The molecular weight excluding hydrogens is 350 g/mol. The fourth-order valence-electron chi connectivity index (χ4n) is 3.12. The van der Waals surface area contributed by atoms with Crippen LogP contribution in [0.25, 0.3) is 0 Å². The van der Waals surface area contributed by atoms with Crippen molar-refractivity contribution in [3.63, 3.8) is 0 Å². The van der Waals surface area contributed by atoms with Crippen molar-refractivity contribution in [3.8, 4) is 0 Å². The van der Waals surface area contributed by atoms with Crippen LogP contribution in [0.4, 0.5) is 0 Å². The number of rotatable bonds is 8. The summed E-state index contributed by atoms with van der Waals surface area (Å²) in [5.74, 6) is -0.241. The van der Waals surface area contributed by atoms with Crippen LogP contribution in [0, 0.1) is 5.92 Å². The Bertz CT molecular complexity index is 603. The van der Waals surface area contributed by atoms with Crippen LogP contribution in [0.15, 0.2) is 16.8 Å². The lowest BCUT2D eigenvalue weighted by Gasteiger charge is -2.37. The van der Waals surface area contributed by atoms with Gasteiger partial charge in [0.15, 0.2) is 0 Å². The molecule has 0 spiro atoms. The molecule has 2 atom stereocenters. The second-order valence-corrected chi connectivity index (χ2v) is 7.61. The van der Waals surface area contributed by atoms with Gasteiger partial charge in [0.2, 0.25) is 11.8 Å². The van der Waals surface area contributed by atoms with Crippen molar-refractivity contribution in [3.05, 3.63) is 22.4 Å². The van der Waals surface area contributed by atoms with Crippen LogP contribution in [0.5, 0.6) is 0 Å². The number of hydrogen-bond donors (Lipinski definition) is 2. The van der Waals surface area contributed by atoms with E-state index in [0.29, 0.717) is 25.2 Å². The number of nitrogens with zero attached hydrogens (tertiary/aromatic N) is 1. The Hall–Kier alpha value is -1.89. The first-order valence-electron chi connectivity index (χ1n) is 9.40. The van der Waals surface area contributed by atoms with E-state index < -0.39 is 0 Å². The van der Waals surface area contributed by atoms with Crippen molar-refractivity contribution in [2.45, 2.75) is 52.0 Å². The predicted molar refractivity (Wildman–Crippen MR) is 103 cm³/mol. The summed E-state index contributed by atoms with van der Waals surface area (Å²) >= 11 is 1.47. The average Bonchev–Trinajstić information content (AvgIpc) is 3.16. The van der Waals surface area contributed by atoms with E-state index in [9.17, 15) is 14.4 Å². The molecule has 1 saturated heterocycles. The van der Waals surface area contributed by atoms with E-state index in [-0.39, 0.29) is 36.1 Å². The highest BCUT2D eigenvalue weighted by Crippen LogP contribution is 2.22. The van der Waals surface area contributed by atoms with E-state index in [1.54, 1.807) is 16.3 Å². The van der Waals surface area contributed by atoms with E-state index >= 15 is 0 Å². The molecule has 6 nitrogen and oxygen atoms in total. The molecule has 0 aromatic carbocycles. The zero-order valence-electron chi connectivity index (χ0n) is 15.6. The topological polar surface area (TPSA) is 78.5 Å². The summed E-state index contributed by atoms with van der Waals surface area (Å²) in [4.78, 5) is 38.5. The molecule has 2 N–H and O–H groups in total. The van der Waals surface area contributed by atoms with Crippen LogP contribution >= 0.6 is 11.3 Å². The van der Waals surface area contributed by atoms with E-state index in [4.69, 9.17) is 0 Å². The van der Waals surface area contributed by atoms with Crippen molar-refractivity contribution >= 4 is 29.1 Å². The molecule has 2 unspecified atom stereocenters. The van der Waals surface area contributed by atoms with Crippen LogP contribution in [0.1, 0.15) is 56.3 Å². The Morgan fingerprint density at radius 3 is 2.73 bits per heavy atom. The molecule has 144 valence electrons. The SMILES string of the molecule is CCCCNC(=O)C1CCC(C)N(C(=O)CCNC(=O)c2ccsc2)C1. The summed E-state index contributed by atoms with van der Waals surface area (Å²) in [5, 5.41) is 9.38. The van der Waals surface area contributed by atoms with Gasteiger partial charge in [-0.3, -0.25) is 14.4 Å². The van der Waals surface area contributed by atoms with Crippen molar-refractivity contribution < 1.29 is 14.4 Å². The quantitative estimate of drug-likeness (QED) is 0.681. The normalized spacial score (nSPS) is 19.8. The van der Waals surface area contributed by atoms with Crippen LogP contribution in [0.2, 0.25) is 0 Å². The molecule has 0 radical (unpaired) electrons. The number of hydrogen-bond acceptors (Lipinski definition) is 4. The Morgan fingerprint density at radius 1 is 1.23 bits per heavy atom. The van der Waals surface area contributed by atoms with Gasteiger partial charge >= 0.3 is 0 Å². The highest BCUT2D eigenvalue weighted by atomic mass is 32.1. The molecule has 26 heavy (non-hydrogen) atoms. The minimum absolute atomic E-state index is 0.00539. The van der Waals surface area contributed by atoms with Gasteiger partial charge in [0.05, 0.1) is 5.92 Å². The maximum Gasteiger partial charge on any atom is 0.252 e. The van der Waals surface area contributed by atoms with E-state index in [2.05, 4.69) is 17.6 Å². The maximum absolute atomic E-state index is 12.6. The third-order valence-electron chi connectivity index (χ3n) is 4.81. The number of carbonyl (C=O) groups is 3. The minimum atomic E-state index is -0.154. The third kappa shape index (κ3) is 5.83. The smallest absolute Gasteiger partial charge is 0.252 e. The first kappa shape index (κ1) is 20.4. The Labute approximate surface area is 159 Å². The molecule has 3 amide bonds. The Kier molecular flexibility index (Phi) is 8.09. The first-order valence-corrected chi connectivity index (χ1v) is 10.3. The molecule has 1 aliphatic heterocycles. The van der Waals surface area contributed by atoms with Gasteiger partial charge in [-0.25, -0.2) is 0 Å². The summed E-state index contributed by atoms with van der Waals surface area (Å²) in [6.45, 7) is 5.59. The van der Waals surface area contributed by atoms with Gasteiger partial charge in [0.1, 0.15) is 0 Å². The molecule has 7 heteroatoms. The second-order valence-electron chi connectivity index (χ2n) is 6.83. The van der Waals surface area contributed by atoms with Crippen LogP contribution in [0.3, 0.4) is 0 Å². The van der Waals surface area contributed by atoms with Crippen molar-refractivity contribution in [2.24, 2.45) is 5.92 Å². The molecule has 1 fully saturated rings. The van der Waals surface area contributed by atoms with E-state index in [1.807, 2.05) is 12.3 Å². The molecule has 1 aromatic heterocycles. The zero-order chi connectivity index (χ0) is 18.9. The monoisotopic (exact) mass is 379 g/mol. The Balaban J connectivity index is 1.78. The fourth-order valence-corrected chi connectivity index (χ4v) is 3.76. The van der Waals surface area contributed by atoms with Gasteiger partial charge < -0.3 is 15.5 Å². The summed E-state index contributed by atoms with van der Waals surface area (Å²) in [6.07, 6.45) is 3.92. The van der Waals surface area contributed by atoms with Crippen LogP contribution in [-0.2, 0) is 9.59 Å². The maximum atomic E-state index is 12.6. The molecule has 0 bridgehead atoms. The van der Waals surface area contributed by atoms with Crippen molar-refractivity contribution in [2.75, 3.05) is 19.6 Å². The molecule has 2 heterocycles. The number of likely N-dealkylation sites (tertiary alicyclic amines) is 1. The predicted octanol–water partition coefficient (Wildman–Crippen LogP) is 2.41. The van der Waals surface area contributed by atoms with Gasteiger partial charge in [0, 0.05) is 43.0 Å². The Morgan fingerprint density at radius 2 is 2.04 bits per heavy atom. The average molecular weight is 380 g/mol. The van der Waals surface area contributed by atoms with Crippen LogP contribution < -0.4 is 10.6 Å². The lowest BCUT2D eigenvalue weighted by molar-refractivity contribution is -0.138. The number of piperidine rings is 1. The fraction of sp³-hybridized carbons (Fsp3) is 0.632. The summed E-state index contributed by atoms with van der Waals surface area (Å²) in [6, 6.07) is 1.89. The number of carbonyl (C=O) groups excluding carboxylic acids is 3. The van der Waals surface area contributed by atoms with Crippen molar-refractivity contribution in [1.29, 1.82) is 0 Å². The number of unbranched alkanes of at least 4 members (excludes halogenated alkanes) is 1. The van der Waals surface area contributed by atoms with Gasteiger partial charge in [-0.2, -0.15) is 11.3 Å². The lowest BCUT2D eigenvalue weighted by Crippen LogP contribution is -2.50. The molecule has 1 aromatic rings. The van der Waals surface area contributed by atoms with Gasteiger partial charge in [0.25, 0.3) is 5.91 Å². The second kappa shape index (κ2) is 10.3. The minimum Gasteiger partial charge on any atom is -0.356 e.